The topological polar surface area (TPSA) is 66.7 Å². The molecule has 2 fully saturated rings. The Bertz CT molecular complexity index is 545. The second-order valence-electron chi connectivity index (χ2n) is 6.87. The molecule has 24 heavy (non-hydrogen) atoms. The number of nitrogens with zero attached hydrogens (tertiary/aromatic N) is 1. The Hall–Kier alpha value is -1.37. The second-order valence-corrected chi connectivity index (χ2v) is 6.87. The van der Waals surface area contributed by atoms with E-state index in [9.17, 15) is 4.79 Å². The van der Waals surface area contributed by atoms with Crippen LogP contribution in [0.25, 0.3) is 0 Å². The Morgan fingerprint density at radius 1 is 1.38 bits per heavy atom. The zero-order valence-corrected chi connectivity index (χ0v) is 14.8. The molecular weight excluding hydrogens is 306 g/mol. The molecule has 6 heteroatoms. The predicted molar refractivity (Wildman–Crippen MR) is 91.8 cm³/mol. The van der Waals surface area contributed by atoms with Crippen LogP contribution in [0.5, 0.6) is 0 Å². The lowest BCUT2D eigenvalue weighted by Crippen LogP contribution is -2.55. The van der Waals surface area contributed by atoms with Gasteiger partial charge in [0.1, 0.15) is 17.1 Å². The number of hydrogen-bond acceptors (Lipinski definition) is 5. The Kier molecular flexibility index (Phi) is 5.58. The first-order valence-electron chi connectivity index (χ1n) is 8.99. The molecule has 0 saturated carbocycles. The smallest absolute Gasteiger partial charge is 0.252 e. The van der Waals surface area contributed by atoms with Gasteiger partial charge in [0.25, 0.3) is 5.91 Å². The van der Waals surface area contributed by atoms with Crippen molar-refractivity contribution in [3.05, 3.63) is 23.7 Å². The van der Waals surface area contributed by atoms with Gasteiger partial charge in [0.2, 0.25) is 0 Å². The standard InChI is InChI=1S/C18H29N3O3/c1-14-5-6-16(24-14)15(21-11-3-4-12-21)13-20-17(22)18(23-2)7-9-19-10-8-18/h5-6,15,19H,3-4,7-13H2,1-2H3,(H,20,22). The average Bonchev–Trinajstić information content (AvgIpc) is 3.28. The summed E-state index contributed by atoms with van der Waals surface area (Å²) in [5.41, 5.74) is -0.695. The number of furan rings is 1. The Morgan fingerprint density at radius 2 is 2.08 bits per heavy atom. The van der Waals surface area contributed by atoms with Gasteiger partial charge in [-0.1, -0.05) is 0 Å². The molecule has 6 nitrogen and oxygen atoms in total. The molecule has 1 aromatic rings. The van der Waals surface area contributed by atoms with E-state index in [2.05, 4.69) is 15.5 Å². The number of hydrogen-bond donors (Lipinski definition) is 2. The monoisotopic (exact) mass is 335 g/mol. The molecule has 0 aromatic carbocycles. The van der Waals surface area contributed by atoms with Crippen molar-refractivity contribution in [2.45, 2.75) is 44.2 Å². The van der Waals surface area contributed by atoms with Gasteiger partial charge in [-0.05, 0) is 70.9 Å². The van der Waals surface area contributed by atoms with E-state index < -0.39 is 5.60 Å². The van der Waals surface area contributed by atoms with Crippen LogP contribution in [0.15, 0.2) is 16.5 Å². The lowest BCUT2D eigenvalue weighted by atomic mass is 9.91. The van der Waals surface area contributed by atoms with Gasteiger partial charge in [0.15, 0.2) is 0 Å². The summed E-state index contributed by atoms with van der Waals surface area (Å²) in [7, 11) is 1.64. The van der Waals surface area contributed by atoms with E-state index in [-0.39, 0.29) is 11.9 Å². The van der Waals surface area contributed by atoms with Crippen LogP contribution in [0.2, 0.25) is 0 Å². The van der Waals surface area contributed by atoms with E-state index in [1.165, 1.54) is 12.8 Å². The largest absolute Gasteiger partial charge is 0.465 e. The first-order valence-corrected chi connectivity index (χ1v) is 8.99. The van der Waals surface area contributed by atoms with Crippen molar-refractivity contribution in [1.82, 2.24) is 15.5 Å². The molecule has 1 unspecified atom stereocenters. The van der Waals surface area contributed by atoms with Crippen LogP contribution in [0.3, 0.4) is 0 Å². The Labute approximate surface area is 143 Å². The maximum absolute atomic E-state index is 12.8. The van der Waals surface area contributed by atoms with E-state index in [0.29, 0.717) is 19.4 Å². The molecule has 3 heterocycles. The van der Waals surface area contributed by atoms with Crippen molar-refractivity contribution in [3.63, 3.8) is 0 Å². The van der Waals surface area contributed by atoms with Crippen molar-refractivity contribution < 1.29 is 13.9 Å². The highest BCUT2D eigenvalue weighted by Gasteiger charge is 2.40. The average molecular weight is 335 g/mol. The van der Waals surface area contributed by atoms with Gasteiger partial charge in [0, 0.05) is 13.7 Å². The molecule has 2 aliphatic rings. The van der Waals surface area contributed by atoms with Gasteiger partial charge in [-0.2, -0.15) is 0 Å². The molecule has 0 spiro atoms. The predicted octanol–water partition coefficient (Wildman–Crippen LogP) is 1.61. The van der Waals surface area contributed by atoms with Crippen LogP contribution in [0, 0.1) is 6.92 Å². The molecule has 0 bridgehead atoms. The fraction of sp³-hybridized carbons (Fsp3) is 0.722. The third-order valence-corrected chi connectivity index (χ3v) is 5.34. The van der Waals surface area contributed by atoms with Crippen LogP contribution in [0.1, 0.15) is 43.2 Å². The molecule has 134 valence electrons. The summed E-state index contributed by atoms with van der Waals surface area (Å²) < 4.78 is 11.5. The summed E-state index contributed by atoms with van der Waals surface area (Å²) in [6.07, 6.45) is 3.84. The van der Waals surface area contributed by atoms with Crippen molar-refractivity contribution in [2.24, 2.45) is 0 Å². The lowest BCUT2D eigenvalue weighted by molar-refractivity contribution is -0.147. The van der Waals surface area contributed by atoms with Crippen LogP contribution in [0.4, 0.5) is 0 Å². The van der Waals surface area contributed by atoms with Gasteiger partial charge in [-0.3, -0.25) is 9.69 Å². The number of amides is 1. The Morgan fingerprint density at radius 3 is 2.67 bits per heavy atom. The highest BCUT2D eigenvalue weighted by atomic mass is 16.5. The summed E-state index contributed by atoms with van der Waals surface area (Å²) in [5.74, 6) is 1.85. The fourth-order valence-electron chi connectivity index (χ4n) is 3.80. The summed E-state index contributed by atoms with van der Waals surface area (Å²) >= 11 is 0. The van der Waals surface area contributed by atoms with Crippen LogP contribution in [-0.4, -0.2) is 56.2 Å². The van der Waals surface area contributed by atoms with E-state index >= 15 is 0 Å². The van der Waals surface area contributed by atoms with Gasteiger partial charge in [-0.25, -0.2) is 0 Å². The summed E-state index contributed by atoms with van der Waals surface area (Å²) in [5, 5.41) is 6.42. The zero-order chi connectivity index (χ0) is 17.0. The van der Waals surface area contributed by atoms with Gasteiger partial charge in [-0.15, -0.1) is 0 Å². The number of aryl methyl sites for hydroxylation is 1. The van der Waals surface area contributed by atoms with E-state index in [1.807, 2.05) is 19.1 Å². The highest BCUT2D eigenvalue weighted by molar-refractivity contribution is 5.85. The van der Waals surface area contributed by atoms with Crippen LogP contribution in [-0.2, 0) is 9.53 Å². The number of carbonyl (C=O) groups is 1. The third kappa shape index (κ3) is 3.66. The lowest BCUT2D eigenvalue weighted by Gasteiger charge is -2.35. The van der Waals surface area contributed by atoms with Gasteiger partial charge < -0.3 is 19.8 Å². The van der Waals surface area contributed by atoms with Crippen molar-refractivity contribution in [1.29, 1.82) is 0 Å². The second kappa shape index (κ2) is 7.68. The minimum atomic E-state index is -0.695. The fourth-order valence-corrected chi connectivity index (χ4v) is 3.80. The molecule has 2 aliphatic heterocycles. The first kappa shape index (κ1) is 17.5. The number of ether oxygens (including phenoxy) is 1. The number of likely N-dealkylation sites (tertiary alicyclic amines) is 1. The molecule has 3 rings (SSSR count). The summed E-state index contributed by atoms with van der Waals surface area (Å²) in [4.78, 5) is 15.2. The third-order valence-electron chi connectivity index (χ3n) is 5.34. The number of rotatable bonds is 6. The minimum absolute atomic E-state index is 0.000949. The molecular formula is C18H29N3O3. The van der Waals surface area contributed by atoms with E-state index in [4.69, 9.17) is 9.15 Å². The normalized spacial score (nSPS) is 22.4. The molecule has 2 N–H and O–H groups in total. The molecule has 1 atom stereocenters. The first-order chi connectivity index (χ1) is 11.6. The van der Waals surface area contributed by atoms with Crippen LogP contribution >= 0.6 is 0 Å². The number of methoxy groups -OCH3 is 1. The molecule has 0 aliphatic carbocycles. The highest BCUT2D eigenvalue weighted by Crippen LogP contribution is 2.27. The maximum Gasteiger partial charge on any atom is 0.252 e. The molecule has 1 aromatic heterocycles. The minimum Gasteiger partial charge on any atom is -0.465 e. The molecule has 0 radical (unpaired) electrons. The molecule has 2 saturated heterocycles. The van der Waals surface area contributed by atoms with Crippen LogP contribution < -0.4 is 10.6 Å². The van der Waals surface area contributed by atoms with E-state index in [1.54, 1.807) is 7.11 Å². The number of piperidine rings is 1. The van der Waals surface area contributed by atoms with Crippen molar-refractivity contribution in [3.8, 4) is 0 Å². The zero-order valence-electron chi connectivity index (χ0n) is 14.8. The SMILES string of the molecule is COC1(C(=O)NCC(c2ccc(C)o2)N2CCCC2)CCNCC1. The van der Waals surface area contributed by atoms with Gasteiger partial charge in [0.05, 0.1) is 6.04 Å². The van der Waals surface area contributed by atoms with E-state index in [0.717, 1.165) is 37.7 Å². The number of carbonyl (C=O) groups excluding carboxylic acids is 1. The summed E-state index contributed by atoms with van der Waals surface area (Å²) in [6, 6.07) is 4.12. The maximum atomic E-state index is 12.8. The molecule has 1 amide bonds. The Balaban J connectivity index is 1.67. The van der Waals surface area contributed by atoms with Crippen molar-refractivity contribution >= 4 is 5.91 Å². The number of nitrogens with one attached hydrogen (secondary N) is 2. The van der Waals surface area contributed by atoms with Crippen molar-refractivity contribution in [2.75, 3.05) is 39.8 Å². The summed E-state index contributed by atoms with van der Waals surface area (Å²) in [6.45, 7) is 6.25. The quantitative estimate of drug-likeness (QED) is 0.827. The van der Waals surface area contributed by atoms with Gasteiger partial charge >= 0.3 is 0 Å².